The van der Waals surface area contributed by atoms with Crippen LogP contribution in [0.15, 0.2) is 54.0 Å². The quantitative estimate of drug-likeness (QED) is 0.780. The number of halogens is 3. The molecule has 1 unspecified atom stereocenters. The molecule has 114 valence electrons. The van der Waals surface area contributed by atoms with E-state index in [9.17, 15) is 18.3 Å². The van der Waals surface area contributed by atoms with Crippen LogP contribution in [0.3, 0.4) is 0 Å². The van der Waals surface area contributed by atoms with E-state index in [0.717, 1.165) is 16.7 Å². The zero-order chi connectivity index (χ0) is 15.8. The summed E-state index contributed by atoms with van der Waals surface area (Å²) in [6.07, 6.45) is -3.93. The van der Waals surface area contributed by atoms with E-state index in [-0.39, 0.29) is 10.6 Å². The van der Waals surface area contributed by atoms with Gasteiger partial charge in [-0.1, -0.05) is 30.3 Å². The fraction of sp³-hybridized carbons (Fsp3) is 0.188. The number of hydrogen-bond acceptors (Lipinski definition) is 3. The van der Waals surface area contributed by atoms with Crippen LogP contribution in [-0.4, -0.2) is 16.3 Å². The van der Waals surface area contributed by atoms with E-state index in [1.807, 2.05) is 0 Å². The predicted octanol–water partition coefficient (Wildman–Crippen LogP) is 4.29. The lowest BCUT2D eigenvalue weighted by Gasteiger charge is -2.29. The molecule has 1 atom stereocenters. The second-order valence-electron chi connectivity index (χ2n) is 4.99. The Morgan fingerprint density at radius 2 is 1.82 bits per heavy atom. The zero-order valence-electron chi connectivity index (χ0n) is 11.3. The van der Waals surface area contributed by atoms with E-state index in [1.54, 1.807) is 30.3 Å². The third kappa shape index (κ3) is 2.48. The molecule has 0 aliphatic heterocycles. The molecule has 0 saturated heterocycles. The van der Waals surface area contributed by atoms with Crippen molar-refractivity contribution in [1.29, 1.82) is 0 Å². The molecule has 0 radical (unpaired) electrons. The maximum absolute atomic E-state index is 13.5. The van der Waals surface area contributed by atoms with Crippen molar-refractivity contribution in [1.82, 2.24) is 4.98 Å². The monoisotopic (exact) mass is 323 g/mol. The second kappa shape index (κ2) is 5.37. The summed E-state index contributed by atoms with van der Waals surface area (Å²) in [7, 11) is 0. The molecule has 3 aromatic rings. The number of hydrogen-bond donors (Lipinski definition) is 1. The Balaban J connectivity index is 2.11. The van der Waals surface area contributed by atoms with Gasteiger partial charge in [0.05, 0.1) is 5.69 Å². The molecular weight excluding hydrogens is 311 g/mol. The average Bonchev–Trinajstić information content (AvgIpc) is 3.01. The number of pyridine rings is 1. The first kappa shape index (κ1) is 15.0. The lowest BCUT2D eigenvalue weighted by molar-refractivity contribution is -0.265. The Morgan fingerprint density at radius 3 is 2.50 bits per heavy atom. The molecule has 0 bridgehead atoms. The Kier molecular flexibility index (Phi) is 3.66. The highest BCUT2D eigenvalue weighted by atomic mass is 32.1. The van der Waals surface area contributed by atoms with Crippen molar-refractivity contribution < 1.29 is 18.3 Å². The Labute approximate surface area is 128 Å². The fourth-order valence-electron chi connectivity index (χ4n) is 2.41. The van der Waals surface area contributed by atoms with Crippen molar-refractivity contribution in [3.63, 3.8) is 0 Å². The number of thiophene rings is 1. The highest BCUT2D eigenvalue weighted by Crippen LogP contribution is 2.43. The molecule has 0 aliphatic carbocycles. The number of fused-ring (bicyclic) bond motifs is 1. The molecule has 0 aliphatic rings. The molecule has 6 heteroatoms. The van der Waals surface area contributed by atoms with Crippen molar-refractivity contribution in [2.45, 2.75) is 18.2 Å². The van der Waals surface area contributed by atoms with Crippen LogP contribution in [0.2, 0.25) is 0 Å². The Hall–Kier alpha value is -1.92. The van der Waals surface area contributed by atoms with Crippen LogP contribution in [0.25, 0.3) is 10.8 Å². The number of benzene rings is 1. The fourth-order valence-corrected chi connectivity index (χ4v) is 3.25. The lowest BCUT2D eigenvalue weighted by Crippen LogP contribution is -2.43. The van der Waals surface area contributed by atoms with Crippen LogP contribution >= 0.6 is 11.3 Å². The number of aromatic nitrogens is 1. The number of nitrogens with zero attached hydrogens (tertiary/aromatic N) is 1. The smallest absolute Gasteiger partial charge is 0.375 e. The van der Waals surface area contributed by atoms with Gasteiger partial charge in [-0.3, -0.25) is 4.98 Å². The van der Waals surface area contributed by atoms with Crippen LogP contribution < -0.4 is 0 Å². The van der Waals surface area contributed by atoms with Gasteiger partial charge in [-0.2, -0.15) is 13.2 Å². The summed E-state index contributed by atoms with van der Waals surface area (Å²) in [6, 6.07) is 11.6. The molecule has 3 rings (SSSR count). The topological polar surface area (TPSA) is 33.1 Å². The highest BCUT2D eigenvalue weighted by Gasteiger charge is 2.56. The summed E-state index contributed by atoms with van der Waals surface area (Å²) in [5, 5.41) is 13.3. The molecule has 22 heavy (non-hydrogen) atoms. The molecule has 2 aromatic heterocycles. The minimum atomic E-state index is -4.78. The minimum absolute atomic E-state index is 0.130. The van der Waals surface area contributed by atoms with Gasteiger partial charge in [-0.15, -0.1) is 11.3 Å². The first-order valence-corrected chi connectivity index (χ1v) is 7.45. The van der Waals surface area contributed by atoms with Crippen LogP contribution in [0, 0.1) is 0 Å². The van der Waals surface area contributed by atoms with Gasteiger partial charge in [0.1, 0.15) is 0 Å². The van der Waals surface area contributed by atoms with Gasteiger partial charge in [0.2, 0.25) is 5.60 Å². The zero-order valence-corrected chi connectivity index (χ0v) is 12.2. The summed E-state index contributed by atoms with van der Waals surface area (Å²) in [5.74, 6) is 0. The van der Waals surface area contributed by atoms with Crippen molar-refractivity contribution >= 4 is 22.1 Å². The molecule has 1 N–H and O–H groups in total. The lowest BCUT2D eigenvalue weighted by atomic mass is 9.92. The van der Waals surface area contributed by atoms with Crippen molar-refractivity contribution in [3.05, 3.63) is 64.6 Å². The van der Waals surface area contributed by atoms with Gasteiger partial charge in [0.25, 0.3) is 0 Å². The van der Waals surface area contributed by atoms with E-state index in [4.69, 9.17) is 0 Å². The number of rotatable bonds is 3. The largest absolute Gasteiger partial charge is 0.422 e. The van der Waals surface area contributed by atoms with Gasteiger partial charge < -0.3 is 5.11 Å². The van der Waals surface area contributed by atoms with E-state index in [0.29, 0.717) is 5.39 Å². The molecule has 2 nitrogen and oxygen atoms in total. The van der Waals surface area contributed by atoms with Gasteiger partial charge >= 0.3 is 6.18 Å². The molecule has 0 amide bonds. The minimum Gasteiger partial charge on any atom is -0.375 e. The van der Waals surface area contributed by atoms with Gasteiger partial charge in [-0.05, 0) is 22.9 Å². The third-order valence-corrected chi connectivity index (χ3v) is 4.60. The molecule has 2 heterocycles. The molecule has 1 aromatic carbocycles. The first-order chi connectivity index (χ1) is 10.4. The molecule has 0 spiro atoms. The van der Waals surface area contributed by atoms with Crippen molar-refractivity contribution in [3.8, 4) is 0 Å². The number of alkyl halides is 3. The first-order valence-electron chi connectivity index (χ1n) is 6.57. The summed E-state index contributed by atoms with van der Waals surface area (Å²) in [6.45, 7) is 0. The normalized spacial score (nSPS) is 14.9. The van der Waals surface area contributed by atoms with Crippen molar-refractivity contribution in [2.75, 3.05) is 0 Å². The Morgan fingerprint density at radius 1 is 1.05 bits per heavy atom. The molecule has 0 saturated carbocycles. The van der Waals surface area contributed by atoms with Crippen molar-refractivity contribution in [2.24, 2.45) is 0 Å². The molecule has 0 fully saturated rings. The van der Waals surface area contributed by atoms with E-state index >= 15 is 0 Å². The summed E-state index contributed by atoms with van der Waals surface area (Å²) in [4.78, 5) is 3.93. The van der Waals surface area contributed by atoms with E-state index < -0.39 is 18.2 Å². The Bertz CT molecular complexity index is 780. The highest BCUT2D eigenvalue weighted by molar-refractivity contribution is 7.10. The predicted molar refractivity (Wildman–Crippen MR) is 79.7 cm³/mol. The SMILES string of the molecule is OC(Cc1nccc2ccccc12)(c1cccs1)C(F)(F)F. The van der Waals surface area contributed by atoms with E-state index in [2.05, 4.69) is 4.98 Å². The second-order valence-corrected chi connectivity index (χ2v) is 5.94. The van der Waals surface area contributed by atoms with Gasteiger partial charge in [-0.25, -0.2) is 0 Å². The van der Waals surface area contributed by atoms with Crippen LogP contribution in [0.5, 0.6) is 0 Å². The van der Waals surface area contributed by atoms with Crippen LogP contribution in [-0.2, 0) is 12.0 Å². The van der Waals surface area contributed by atoms with E-state index in [1.165, 1.54) is 23.7 Å². The summed E-state index contributed by atoms with van der Waals surface area (Å²) < 4.78 is 40.4. The molecular formula is C16H12F3NOS. The van der Waals surface area contributed by atoms with Gasteiger partial charge in [0.15, 0.2) is 0 Å². The summed E-state index contributed by atoms with van der Waals surface area (Å²) in [5.41, 5.74) is -2.70. The third-order valence-electron chi connectivity index (χ3n) is 3.58. The van der Waals surface area contributed by atoms with Crippen LogP contribution in [0.1, 0.15) is 10.6 Å². The standard InChI is InChI=1S/C16H12F3NOS/c17-16(18,19)15(21,14-6-3-9-22-14)10-13-12-5-2-1-4-11(12)7-8-20-13/h1-9,21H,10H2. The van der Waals surface area contributed by atoms with Crippen LogP contribution in [0.4, 0.5) is 13.2 Å². The summed E-state index contributed by atoms with van der Waals surface area (Å²) >= 11 is 0.884. The maximum atomic E-state index is 13.5. The number of aliphatic hydroxyl groups is 1. The van der Waals surface area contributed by atoms with Gasteiger partial charge in [0, 0.05) is 22.9 Å². The average molecular weight is 323 g/mol. The maximum Gasteiger partial charge on any atom is 0.422 e.